The van der Waals surface area contributed by atoms with Crippen molar-refractivity contribution in [3.63, 3.8) is 0 Å². The third kappa shape index (κ3) is 19.8. The molecule has 6 aromatic rings. The number of hydrogen-bond acceptors (Lipinski definition) is 35. The summed E-state index contributed by atoms with van der Waals surface area (Å²) in [5.41, 5.74) is 10.1. The highest BCUT2D eigenvalue weighted by Crippen LogP contribution is 2.52. The van der Waals surface area contributed by atoms with Crippen molar-refractivity contribution in [1.82, 2.24) is 51.9 Å². The summed E-state index contributed by atoms with van der Waals surface area (Å²) in [6, 6.07) is 11.1. The molecule has 2 saturated heterocycles. The normalized spacial score (nSPS) is 22.2. The molecule has 3 aliphatic heterocycles. The number of nitrogens with one attached hydrogen (secondary N) is 7. The number of hydrogen-bond donors (Lipinski definition) is 17. The van der Waals surface area contributed by atoms with E-state index < -0.39 is 178 Å². The highest BCUT2D eigenvalue weighted by atomic mass is 16.7. The van der Waals surface area contributed by atoms with Gasteiger partial charge in [-0.05, 0) is 68.1 Å². The molecule has 2 aliphatic carbocycles. The van der Waals surface area contributed by atoms with E-state index in [-0.39, 0.29) is 160 Å². The number of carbonyl (C=O) groups excluding carboxylic acids is 6. The van der Waals surface area contributed by atoms with E-state index in [0.717, 1.165) is 12.1 Å². The van der Waals surface area contributed by atoms with Gasteiger partial charge in [-0.15, -0.1) is 5.53 Å². The van der Waals surface area contributed by atoms with E-state index in [2.05, 4.69) is 52.2 Å². The number of rotatable bonds is 35. The number of Topliss-reactive ketones (excluding diaryl/α,β-unsaturated/α-hetero) is 1. The molecule has 0 bridgehead atoms. The van der Waals surface area contributed by atoms with Crippen LogP contribution >= 0.6 is 0 Å². The summed E-state index contributed by atoms with van der Waals surface area (Å²) in [5, 5.41) is 122. The van der Waals surface area contributed by atoms with Crippen LogP contribution in [0.2, 0.25) is 0 Å². The number of carboxylic acids is 1. The number of amides is 3. The lowest BCUT2D eigenvalue weighted by Gasteiger charge is -2.41. The van der Waals surface area contributed by atoms with Gasteiger partial charge in [0.25, 0.3) is 11.5 Å². The molecule has 20 N–H and O–H groups in total. The summed E-state index contributed by atoms with van der Waals surface area (Å²) >= 11 is 0. The molecule has 608 valence electrons. The Morgan fingerprint density at radius 1 is 0.850 bits per heavy atom. The highest BCUT2D eigenvalue weighted by Gasteiger charge is 2.48. The SMILES string of the molecule is COc1cccc2c1C(=O)c1c(O)c3c(c(O)c1C2=O)CC(C(=O)CO)C[C@@H]3OC1CC(NC(=O)O[C@@H](CC2=CN(CCOCCOCCOCCNC(=O)CC[C@H](NC(=O)c3ccc(NCc4cnc5nc(N)[nH]c(=O)c5n4)cc3)C(=O)O)NN2)c2ccc(O[C@@H]3OC(CO)[C@H](O)[C@H](O)C3O)c([N+](=O)[O-])c2)C(O)C(C)O1.O. The molecule has 7 unspecified atom stereocenters. The van der Waals surface area contributed by atoms with Crippen LogP contribution in [0.15, 0.2) is 83.6 Å². The van der Waals surface area contributed by atoms with Crippen molar-refractivity contribution in [3.8, 4) is 23.0 Å². The first-order chi connectivity index (χ1) is 53.7. The number of anilines is 2. The van der Waals surface area contributed by atoms with Gasteiger partial charge in [0.05, 0.1) is 118 Å². The second-order valence-corrected chi connectivity index (χ2v) is 26.5. The van der Waals surface area contributed by atoms with E-state index in [1.54, 1.807) is 23.3 Å². The van der Waals surface area contributed by atoms with Gasteiger partial charge in [0.15, 0.2) is 34.8 Å². The zero-order valence-electron chi connectivity index (χ0n) is 60.5. The molecule has 5 heterocycles. The summed E-state index contributed by atoms with van der Waals surface area (Å²) in [6.07, 6.45) is -15.4. The number of aliphatic hydroxyl groups excluding tert-OH is 6. The Hall–Kier alpha value is -11.2. The van der Waals surface area contributed by atoms with Gasteiger partial charge in [-0.25, -0.2) is 19.6 Å². The molecule has 13 atom stereocenters. The lowest BCUT2D eigenvalue weighted by Crippen LogP contribution is -2.60. The predicted octanol–water partition coefficient (Wildman–Crippen LogP) is -1.74. The number of H-pyrrole nitrogens is 1. The lowest BCUT2D eigenvalue weighted by atomic mass is 9.73. The number of methoxy groups -OCH3 is 1. The molecule has 0 saturated carbocycles. The monoisotopic (exact) mass is 1580 g/mol. The van der Waals surface area contributed by atoms with Crippen molar-refractivity contribution in [2.45, 2.75) is 125 Å². The average molecular weight is 1580 g/mol. The minimum atomic E-state index is -1.95. The van der Waals surface area contributed by atoms with Crippen LogP contribution in [-0.4, -0.2) is 257 Å². The fourth-order valence-electron chi connectivity index (χ4n) is 13.3. The van der Waals surface area contributed by atoms with E-state index in [0.29, 0.717) is 17.1 Å². The molecular formula is C71H85N13O29. The number of alkyl carbamates (subject to hydrolysis) is 1. The number of carboxylic acid groups (broad SMARTS) is 1. The second-order valence-electron chi connectivity index (χ2n) is 26.5. The van der Waals surface area contributed by atoms with Crippen molar-refractivity contribution < 1.29 is 133 Å². The van der Waals surface area contributed by atoms with Gasteiger partial charge in [-0.1, -0.05) is 18.2 Å². The maximum Gasteiger partial charge on any atom is 0.408 e. The maximum absolute atomic E-state index is 14.3. The minimum Gasteiger partial charge on any atom is -0.507 e. The number of carbonyl (C=O) groups is 7. The third-order valence-electron chi connectivity index (χ3n) is 19.1. The highest BCUT2D eigenvalue weighted by molar-refractivity contribution is 6.31. The van der Waals surface area contributed by atoms with Gasteiger partial charge in [0.1, 0.15) is 66.5 Å². The van der Waals surface area contributed by atoms with Gasteiger partial charge in [-0.3, -0.25) is 48.9 Å². The number of nitrogens with zero attached hydrogens (tertiary/aromatic N) is 5. The van der Waals surface area contributed by atoms with Crippen molar-refractivity contribution in [3.05, 3.63) is 149 Å². The van der Waals surface area contributed by atoms with Gasteiger partial charge in [-0.2, -0.15) is 4.98 Å². The molecule has 5 aliphatic rings. The molecule has 42 heteroatoms. The zero-order chi connectivity index (χ0) is 80.2. The number of phenols is 2. The van der Waals surface area contributed by atoms with Crippen LogP contribution in [0.4, 0.5) is 22.1 Å². The quantitative estimate of drug-likeness (QED) is 0.00908. The summed E-state index contributed by atoms with van der Waals surface area (Å²) in [6.45, 7) is 1.06. The number of ketones is 3. The second kappa shape index (κ2) is 37.9. The lowest BCUT2D eigenvalue weighted by molar-refractivity contribution is -0.387. The Labute approximate surface area is 639 Å². The first-order valence-electron chi connectivity index (χ1n) is 35.3. The van der Waals surface area contributed by atoms with Crippen LogP contribution < -0.4 is 53.0 Å². The number of aromatic nitrogens is 4. The Balaban J connectivity index is 0.0000135. The predicted molar refractivity (Wildman–Crippen MR) is 385 cm³/mol. The third-order valence-corrected chi connectivity index (χ3v) is 19.1. The Morgan fingerprint density at radius 3 is 2.28 bits per heavy atom. The van der Waals surface area contributed by atoms with Crippen LogP contribution in [0.25, 0.3) is 11.2 Å². The number of ether oxygens (including phenoxy) is 9. The number of nitro benzene ring substituents is 1. The standard InChI is InChI=1S/C71H83N13O28.H2O/c1-32-57(89)42(26-51(108-32)109-48-24-35(44(87)30-85)22-40-53(48)62(94)55-54(59(40)91)58(90)39-4-3-5-46(104-2)52(39)61(55)93)78-71(101)112-47(34-8-12-45(43(23-34)84(102)103)110-69-64(96)63(95)60(92)49(31-86)111-69)25-37-29-83(82-81-37)15-17-106-19-21-107-20-18-105-16-14-73-50(88)13-11-41(68(99)100)77-66(97)33-6-9-36(10-7-33)74-27-38-28-75-65-56(76-38)67(98)80-70(72)79-65;/h3-10,12,23,28-29,32,35,41-42,47-49,51,57,60,63-64,69,74,81-82,85-86,89,91-92,94-96H,11,13-22,24-27,30-31H2,1-2H3,(H,73,88)(H,77,97)(H,78,101)(H,99,100)(H3,72,75,79,80,98);1H2/t32?,35?,41-,42?,47-,48-,49?,51?,57?,60-,63-,64?,69+;/m0./s1. The number of nitrogen functional groups attached to an aromatic ring is 1. The van der Waals surface area contributed by atoms with E-state index in [4.69, 9.17) is 48.4 Å². The number of aromatic amines is 1. The summed E-state index contributed by atoms with van der Waals surface area (Å²) in [4.78, 5) is 132. The van der Waals surface area contributed by atoms with Crippen molar-refractivity contribution in [2.75, 3.05) is 84.1 Å². The van der Waals surface area contributed by atoms with E-state index in [1.165, 1.54) is 56.6 Å². The summed E-state index contributed by atoms with van der Waals surface area (Å²) in [5.74, 6) is -7.94. The van der Waals surface area contributed by atoms with Gasteiger partial charge >= 0.3 is 17.7 Å². The summed E-state index contributed by atoms with van der Waals surface area (Å²) < 4.78 is 51.9. The molecule has 11 rings (SSSR count). The smallest absolute Gasteiger partial charge is 0.408 e. The van der Waals surface area contributed by atoms with Crippen molar-refractivity contribution in [1.29, 1.82) is 0 Å². The molecule has 113 heavy (non-hydrogen) atoms. The van der Waals surface area contributed by atoms with Crippen LogP contribution in [0.1, 0.15) is 116 Å². The fraction of sp³-hybridized carbons (Fsp3) is 0.451. The molecule has 0 spiro atoms. The van der Waals surface area contributed by atoms with Gasteiger partial charge < -0.3 is 126 Å². The van der Waals surface area contributed by atoms with Crippen LogP contribution in [0, 0.1) is 16.0 Å². The largest absolute Gasteiger partial charge is 0.507 e. The average Bonchev–Trinajstić information content (AvgIpc) is 0.988. The molecule has 2 fully saturated rings. The van der Waals surface area contributed by atoms with Crippen molar-refractivity contribution >= 4 is 69.7 Å². The topological polar surface area (TPSA) is 632 Å². The maximum atomic E-state index is 14.3. The molecular weight excluding hydrogens is 1500 g/mol. The Kier molecular flexibility index (Phi) is 28.2. The van der Waals surface area contributed by atoms with Gasteiger partial charge in [0.2, 0.25) is 23.9 Å². The first kappa shape index (κ1) is 84.2. The number of hydrazine groups is 2. The number of nitro groups is 1. The first-order valence-corrected chi connectivity index (χ1v) is 35.3. The van der Waals surface area contributed by atoms with Crippen LogP contribution in [-0.2, 0) is 60.5 Å². The van der Waals surface area contributed by atoms with Crippen molar-refractivity contribution in [2.24, 2.45) is 5.92 Å². The zero-order valence-corrected chi connectivity index (χ0v) is 60.5. The number of aliphatic carboxylic acids is 1. The molecule has 3 amide bonds. The fourth-order valence-corrected chi connectivity index (χ4v) is 13.3. The van der Waals surface area contributed by atoms with Gasteiger partial charge in [0, 0.05) is 77.6 Å². The number of nitrogens with two attached hydrogens (primary N) is 1. The van der Waals surface area contributed by atoms with E-state index >= 15 is 0 Å². The van der Waals surface area contributed by atoms with E-state index in [1.807, 2.05) is 0 Å². The Bertz CT molecular complexity index is 4590. The number of aromatic hydroxyl groups is 2. The van der Waals surface area contributed by atoms with E-state index in [9.17, 15) is 94.4 Å². The number of benzene rings is 4. The summed E-state index contributed by atoms with van der Waals surface area (Å²) in [7, 11) is 1.28. The van der Waals surface area contributed by atoms with Crippen LogP contribution in [0.3, 0.4) is 0 Å². The Morgan fingerprint density at radius 2 is 1.58 bits per heavy atom. The molecule has 0 radical (unpaired) electrons. The molecule has 2 aromatic heterocycles. The molecule has 42 nitrogen and oxygen atoms in total. The number of fused-ring (bicyclic) bond motifs is 4. The molecule has 4 aromatic carbocycles. The number of phenolic OH excluding ortho intramolecular Hbond substituents is 2. The minimum absolute atomic E-state index is 0. The number of aliphatic hydroxyl groups is 6. The van der Waals surface area contributed by atoms with Crippen LogP contribution in [0.5, 0.6) is 23.0 Å².